The molecule has 0 spiro atoms. The molecule has 0 fully saturated rings. The van der Waals surface area contributed by atoms with Gasteiger partial charge in [-0.05, 0) is 43.3 Å². The van der Waals surface area contributed by atoms with Crippen LogP contribution in [0.1, 0.15) is 12.2 Å². The summed E-state index contributed by atoms with van der Waals surface area (Å²) in [7, 11) is 0. The molecule has 0 aliphatic heterocycles. The van der Waals surface area contributed by atoms with Gasteiger partial charge in [-0.2, -0.15) is 0 Å². The molecule has 0 aliphatic carbocycles. The summed E-state index contributed by atoms with van der Waals surface area (Å²) in [5.74, 6) is 0.834. The predicted molar refractivity (Wildman–Crippen MR) is 63.9 cm³/mol. The fourth-order valence-electron chi connectivity index (χ4n) is 1.41. The van der Waals surface area contributed by atoms with E-state index >= 15 is 0 Å². The van der Waals surface area contributed by atoms with E-state index in [-0.39, 0.29) is 0 Å². The van der Waals surface area contributed by atoms with E-state index in [1.165, 1.54) is 0 Å². The van der Waals surface area contributed by atoms with Crippen molar-refractivity contribution in [1.82, 2.24) is 0 Å². The van der Waals surface area contributed by atoms with E-state index in [4.69, 9.17) is 21.8 Å². The lowest BCUT2D eigenvalue weighted by molar-refractivity contribution is 0.604. The number of fused-ring (bicyclic) bond motifs is 1. The Bertz CT molecular complexity index is 487. The zero-order chi connectivity index (χ0) is 10.7. The van der Waals surface area contributed by atoms with Crippen molar-refractivity contribution in [2.45, 2.75) is 6.42 Å². The number of halogens is 1. The standard InChI is InChI=1S/C12H12ClNO/c13-10-4-5-12-9(7-10)8-11(15-12)3-1-2-6-14/h1,3-5,7-8H,2,6,14H2/b3-1+. The second-order valence-corrected chi connectivity index (χ2v) is 3.75. The largest absolute Gasteiger partial charge is 0.457 e. The summed E-state index contributed by atoms with van der Waals surface area (Å²) in [5.41, 5.74) is 6.24. The van der Waals surface area contributed by atoms with Crippen molar-refractivity contribution in [2.24, 2.45) is 5.73 Å². The first-order valence-corrected chi connectivity index (χ1v) is 5.23. The normalized spacial score (nSPS) is 11.6. The van der Waals surface area contributed by atoms with E-state index in [0.29, 0.717) is 6.54 Å². The molecule has 2 aromatic rings. The fraction of sp³-hybridized carbons (Fsp3) is 0.167. The van der Waals surface area contributed by atoms with E-state index in [0.717, 1.165) is 28.2 Å². The minimum absolute atomic E-state index is 0.655. The summed E-state index contributed by atoms with van der Waals surface area (Å²) in [5, 5.41) is 1.75. The highest BCUT2D eigenvalue weighted by Gasteiger charge is 2.00. The van der Waals surface area contributed by atoms with Crippen molar-refractivity contribution in [1.29, 1.82) is 0 Å². The van der Waals surface area contributed by atoms with Gasteiger partial charge in [0.1, 0.15) is 11.3 Å². The minimum atomic E-state index is 0.655. The lowest BCUT2D eigenvalue weighted by atomic mass is 10.2. The van der Waals surface area contributed by atoms with Gasteiger partial charge in [-0.3, -0.25) is 0 Å². The molecule has 3 heteroatoms. The van der Waals surface area contributed by atoms with Crippen LogP contribution >= 0.6 is 11.6 Å². The van der Waals surface area contributed by atoms with Crippen LogP contribution in [0.4, 0.5) is 0 Å². The molecular formula is C12H12ClNO. The van der Waals surface area contributed by atoms with E-state index in [1.807, 2.05) is 36.4 Å². The van der Waals surface area contributed by atoms with Crippen LogP contribution < -0.4 is 5.73 Å². The van der Waals surface area contributed by atoms with Crippen LogP contribution in [0.5, 0.6) is 0 Å². The number of rotatable bonds is 3. The molecule has 1 aromatic heterocycles. The summed E-state index contributed by atoms with van der Waals surface area (Å²) in [6, 6.07) is 7.55. The lowest BCUT2D eigenvalue weighted by Gasteiger charge is -1.87. The Morgan fingerprint density at radius 3 is 3.00 bits per heavy atom. The molecule has 2 N–H and O–H groups in total. The van der Waals surface area contributed by atoms with Crippen LogP contribution in [-0.2, 0) is 0 Å². The molecule has 15 heavy (non-hydrogen) atoms. The van der Waals surface area contributed by atoms with E-state index in [9.17, 15) is 0 Å². The van der Waals surface area contributed by atoms with E-state index in [1.54, 1.807) is 0 Å². The highest BCUT2D eigenvalue weighted by Crippen LogP contribution is 2.23. The minimum Gasteiger partial charge on any atom is -0.457 e. The van der Waals surface area contributed by atoms with Crippen molar-refractivity contribution >= 4 is 28.6 Å². The Balaban J connectivity index is 2.30. The average Bonchev–Trinajstić information content (AvgIpc) is 2.60. The van der Waals surface area contributed by atoms with Crippen molar-refractivity contribution < 1.29 is 4.42 Å². The van der Waals surface area contributed by atoms with Crippen LogP contribution in [0.3, 0.4) is 0 Å². The van der Waals surface area contributed by atoms with Crippen LogP contribution in [0.2, 0.25) is 5.02 Å². The van der Waals surface area contributed by atoms with Crippen molar-refractivity contribution in [3.05, 3.63) is 41.1 Å². The Morgan fingerprint density at radius 2 is 2.20 bits per heavy atom. The first kappa shape index (κ1) is 10.3. The number of nitrogens with two attached hydrogens (primary N) is 1. The van der Waals surface area contributed by atoms with Gasteiger partial charge in [-0.15, -0.1) is 0 Å². The van der Waals surface area contributed by atoms with E-state index in [2.05, 4.69) is 0 Å². The van der Waals surface area contributed by atoms with Gasteiger partial charge in [-0.25, -0.2) is 0 Å². The molecule has 2 rings (SSSR count). The molecule has 0 atom stereocenters. The molecule has 0 unspecified atom stereocenters. The Kier molecular flexibility index (Phi) is 3.09. The molecule has 0 saturated carbocycles. The van der Waals surface area contributed by atoms with Gasteiger partial charge in [0.25, 0.3) is 0 Å². The predicted octanol–water partition coefficient (Wildman–Crippen LogP) is 3.45. The van der Waals surface area contributed by atoms with Crippen LogP contribution in [0, 0.1) is 0 Å². The molecule has 0 aliphatic rings. The second kappa shape index (κ2) is 4.51. The topological polar surface area (TPSA) is 39.2 Å². The second-order valence-electron chi connectivity index (χ2n) is 3.31. The van der Waals surface area contributed by atoms with Gasteiger partial charge in [-0.1, -0.05) is 17.7 Å². The third-order valence-electron chi connectivity index (χ3n) is 2.11. The summed E-state index contributed by atoms with van der Waals surface area (Å²) in [6.07, 6.45) is 4.79. The van der Waals surface area contributed by atoms with E-state index < -0.39 is 0 Å². The van der Waals surface area contributed by atoms with Crippen LogP contribution in [0.25, 0.3) is 17.0 Å². The third-order valence-corrected chi connectivity index (χ3v) is 2.35. The number of benzene rings is 1. The number of hydrogen-bond acceptors (Lipinski definition) is 2. The van der Waals surface area contributed by atoms with Gasteiger partial charge in [0, 0.05) is 10.4 Å². The monoisotopic (exact) mass is 221 g/mol. The Hall–Kier alpha value is -1.25. The molecule has 0 bridgehead atoms. The summed E-state index contributed by atoms with van der Waals surface area (Å²) >= 11 is 5.88. The molecular weight excluding hydrogens is 210 g/mol. The zero-order valence-electron chi connectivity index (χ0n) is 8.24. The van der Waals surface area contributed by atoms with Crippen LogP contribution in [-0.4, -0.2) is 6.54 Å². The molecule has 1 aromatic carbocycles. The van der Waals surface area contributed by atoms with Crippen molar-refractivity contribution in [3.63, 3.8) is 0 Å². The maximum absolute atomic E-state index is 5.88. The quantitative estimate of drug-likeness (QED) is 0.862. The average molecular weight is 222 g/mol. The molecule has 0 saturated heterocycles. The van der Waals surface area contributed by atoms with Gasteiger partial charge >= 0.3 is 0 Å². The first-order chi connectivity index (χ1) is 7.29. The Labute approximate surface area is 93.3 Å². The highest BCUT2D eigenvalue weighted by molar-refractivity contribution is 6.31. The molecule has 0 amide bonds. The van der Waals surface area contributed by atoms with Gasteiger partial charge in [0.2, 0.25) is 0 Å². The highest BCUT2D eigenvalue weighted by atomic mass is 35.5. The van der Waals surface area contributed by atoms with Crippen LogP contribution in [0.15, 0.2) is 34.8 Å². The van der Waals surface area contributed by atoms with Gasteiger partial charge in [0.05, 0.1) is 0 Å². The summed E-state index contributed by atoms with van der Waals surface area (Å²) < 4.78 is 5.58. The number of furan rings is 1. The Morgan fingerprint density at radius 1 is 1.33 bits per heavy atom. The fourth-order valence-corrected chi connectivity index (χ4v) is 1.59. The lowest BCUT2D eigenvalue weighted by Crippen LogP contribution is -1.94. The third kappa shape index (κ3) is 2.41. The maximum Gasteiger partial charge on any atom is 0.134 e. The summed E-state index contributed by atoms with van der Waals surface area (Å²) in [4.78, 5) is 0. The SMILES string of the molecule is NCC/C=C/c1cc2cc(Cl)ccc2o1. The van der Waals surface area contributed by atoms with Crippen molar-refractivity contribution in [3.8, 4) is 0 Å². The molecule has 2 nitrogen and oxygen atoms in total. The van der Waals surface area contributed by atoms with Gasteiger partial charge in [0.15, 0.2) is 0 Å². The zero-order valence-corrected chi connectivity index (χ0v) is 9.00. The molecule has 0 radical (unpaired) electrons. The maximum atomic E-state index is 5.88. The first-order valence-electron chi connectivity index (χ1n) is 4.85. The van der Waals surface area contributed by atoms with Gasteiger partial charge < -0.3 is 10.2 Å². The smallest absolute Gasteiger partial charge is 0.134 e. The number of hydrogen-bond donors (Lipinski definition) is 1. The molecule has 78 valence electrons. The molecule has 1 heterocycles. The van der Waals surface area contributed by atoms with Crippen molar-refractivity contribution in [2.75, 3.05) is 6.54 Å². The summed E-state index contributed by atoms with van der Waals surface area (Å²) in [6.45, 7) is 0.655.